The molecule has 0 amide bonds. The average Bonchev–Trinajstić information content (AvgIpc) is 2.40. The fourth-order valence-corrected chi connectivity index (χ4v) is 3.17. The zero-order valence-corrected chi connectivity index (χ0v) is 11.9. The summed E-state index contributed by atoms with van der Waals surface area (Å²) in [6.45, 7) is 8.12. The van der Waals surface area contributed by atoms with Crippen molar-refractivity contribution < 1.29 is 0 Å². The van der Waals surface area contributed by atoms with Crippen LogP contribution in [0, 0.1) is 0 Å². The number of benzene rings is 1. The van der Waals surface area contributed by atoms with Gasteiger partial charge in [0.1, 0.15) is 0 Å². The molecule has 2 heteroatoms. The van der Waals surface area contributed by atoms with Gasteiger partial charge < -0.3 is 10.2 Å². The van der Waals surface area contributed by atoms with E-state index in [1.54, 1.807) is 0 Å². The molecular weight excluding hydrogens is 220 g/mol. The third-order valence-corrected chi connectivity index (χ3v) is 4.39. The summed E-state index contributed by atoms with van der Waals surface area (Å²) in [6.07, 6.45) is 2.52. The first-order chi connectivity index (χ1) is 8.68. The Balaban J connectivity index is 2.15. The second-order valence-corrected chi connectivity index (χ2v) is 5.81. The Morgan fingerprint density at radius 3 is 2.28 bits per heavy atom. The van der Waals surface area contributed by atoms with Crippen LogP contribution in [0.2, 0.25) is 0 Å². The highest BCUT2D eigenvalue weighted by atomic mass is 15.2. The maximum absolute atomic E-state index is 3.40. The van der Waals surface area contributed by atoms with Gasteiger partial charge in [0, 0.05) is 18.0 Å². The van der Waals surface area contributed by atoms with Crippen molar-refractivity contribution in [3.05, 3.63) is 35.9 Å². The molecule has 2 rings (SSSR count). The molecule has 0 saturated carbocycles. The lowest BCUT2D eigenvalue weighted by Gasteiger charge is -2.43. The Morgan fingerprint density at radius 2 is 1.78 bits per heavy atom. The van der Waals surface area contributed by atoms with Gasteiger partial charge >= 0.3 is 0 Å². The van der Waals surface area contributed by atoms with Crippen molar-refractivity contribution in [1.29, 1.82) is 0 Å². The largest absolute Gasteiger partial charge is 0.319 e. The molecule has 1 heterocycles. The molecule has 18 heavy (non-hydrogen) atoms. The monoisotopic (exact) mass is 246 g/mol. The Hall–Kier alpha value is -0.860. The minimum Gasteiger partial charge on any atom is -0.319 e. The van der Waals surface area contributed by atoms with E-state index in [4.69, 9.17) is 0 Å². The lowest BCUT2D eigenvalue weighted by molar-refractivity contribution is 0.128. The summed E-state index contributed by atoms with van der Waals surface area (Å²) in [4.78, 5) is 2.59. The van der Waals surface area contributed by atoms with Crippen LogP contribution in [-0.2, 0) is 5.41 Å². The molecule has 0 aromatic heterocycles. The normalized spacial score (nSPS) is 20.2. The highest BCUT2D eigenvalue weighted by Gasteiger charge is 2.35. The first-order valence-corrected chi connectivity index (χ1v) is 7.12. The molecule has 1 aromatic rings. The molecule has 1 aromatic carbocycles. The summed E-state index contributed by atoms with van der Waals surface area (Å²) in [5.41, 5.74) is 1.84. The zero-order valence-electron chi connectivity index (χ0n) is 11.9. The van der Waals surface area contributed by atoms with Gasteiger partial charge in [0.25, 0.3) is 0 Å². The van der Waals surface area contributed by atoms with E-state index in [0.29, 0.717) is 11.5 Å². The Bertz CT molecular complexity index is 351. The van der Waals surface area contributed by atoms with Crippen molar-refractivity contribution in [2.45, 2.75) is 38.1 Å². The van der Waals surface area contributed by atoms with Crippen LogP contribution in [0.25, 0.3) is 0 Å². The minimum atomic E-state index is 0.335. The van der Waals surface area contributed by atoms with E-state index in [9.17, 15) is 0 Å². The molecule has 1 saturated heterocycles. The molecule has 0 spiro atoms. The molecule has 1 aliphatic heterocycles. The summed E-state index contributed by atoms with van der Waals surface area (Å²) in [6, 6.07) is 11.7. The van der Waals surface area contributed by atoms with Crippen molar-refractivity contribution >= 4 is 0 Å². The van der Waals surface area contributed by atoms with Crippen LogP contribution in [0.1, 0.15) is 32.3 Å². The van der Waals surface area contributed by atoms with Crippen molar-refractivity contribution in [3.63, 3.8) is 0 Å². The third kappa shape index (κ3) is 2.76. The van der Waals surface area contributed by atoms with Crippen LogP contribution in [0.3, 0.4) is 0 Å². The maximum Gasteiger partial charge on any atom is 0.0102 e. The Kier molecular flexibility index (Phi) is 4.41. The molecule has 0 aliphatic carbocycles. The summed E-state index contributed by atoms with van der Waals surface area (Å²) >= 11 is 0. The number of nitrogens with zero attached hydrogens (tertiary/aromatic N) is 1. The average molecular weight is 246 g/mol. The van der Waals surface area contributed by atoms with Crippen LogP contribution in [0.4, 0.5) is 0 Å². The smallest absolute Gasteiger partial charge is 0.0102 e. The molecule has 100 valence electrons. The second kappa shape index (κ2) is 5.85. The van der Waals surface area contributed by atoms with E-state index in [-0.39, 0.29) is 0 Å². The predicted octanol–water partition coefficient (Wildman–Crippen LogP) is 2.65. The summed E-state index contributed by atoms with van der Waals surface area (Å²) in [7, 11) is 2.07. The van der Waals surface area contributed by atoms with E-state index >= 15 is 0 Å². The van der Waals surface area contributed by atoms with Crippen LogP contribution in [0.5, 0.6) is 0 Å². The van der Waals surface area contributed by atoms with Gasteiger partial charge in [0.2, 0.25) is 0 Å². The molecule has 0 unspecified atom stereocenters. The molecule has 1 aliphatic rings. The summed E-state index contributed by atoms with van der Waals surface area (Å²) < 4.78 is 0. The van der Waals surface area contributed by atoms with Gasteiger partial charge in [0.15, 0.2) is 0 Å². The van der Waals surface area contributed by atoms with E-state index in [2.05, 4.69) is 61.4 Å². The molecule has 1 N–H and O–H groups in total. The van der Waals surface area contributed by atoms with Gasteiger partial charge in [-0.25, -0.2) is 0 Å². The number of likely N-dealkylation sites (tertiary alicyclic amines) is 1. The topological polar surface area (TPSA) is 15.3 Å². The fraction of sp³-hybridized carbons (Fsp3) is 0.625. The number of likely N-dealkylation sites (N-methyl/N-ethyl adjacent to an activating group) is 1. The first kappa shape index (κ1) is 13.6. The standard InChI is InChI=1S/C16H26N2/c1-14(2)18-11-9-16(10-12-18,13-17-3)15-7-5-4-6-8-15/h4-8,14,17H,9-13H2,1-3H3. The van der Waals surface area contributed by atoms with Gasteiger partial charge in [-0.1, -0.05) is 30.3 Å². The SMILES string of the molecule is CNCC1(c2ccccc2)CCN(C(C)C)CC1. The van der Waals surface area contributed by atoms with E-state index < -0.39 is 0 Å². The number of hydrogen-bond donors (Lipinski definition) is 1. The summed E-state index contributed by atoms with van der Waals surface area (Å²) in [5, 5.41) is 3.40. The fourth-order valence-electron chi connectivity index (χ4n) is 3.17. The van der Waals surface area contributed by atoms with E-state index in [1.165, 1.54) is 31.5 Å². The van der Waals surface area contributed by atoms with E-state index in [1.807, 2.05) is 0 Å². The Labute approximate surface area is 111 Å². The molecular formula is C16H26N2. The molecule has 0 atom stereocenters. The molecule has 2 nitrogen and oxygen atoms in total. The minimum absolute atomic E-state index is 0.335. The van der Waals surface area contributed by atoms with Crippen LogP contribution >= 0.6 is 0 Å². The van der Waals surface area contributed by atoms with Gasteiger partial charge in [-0.05, 0) is 52.4 Å². The van der Waals surface area contributed by atoms with Gasteiger partial charge in [-0.15, -0.1) is 0 Å². The van der Waals surface area contributed by atoms with Crippen LogP contribution in [0.15, 0.2) is 30.3 Å². The van der Waals surface area contributed by atoms with Crippen molar-refractivity contribution in [3.8, 4) is 0 Å². The van der Waals surface area contributed by atoms with Crippen LogP contribution in [-0.4, -0.2) is 37.6 Å². The number of nitrogens with one attached hydrogen (secondary N) is 1. The lowest BCUT2D eigenvalue weighted by Crippen LogP contribution is -2.49. The second-order valence-electron chi connectivity index (χ2n) is 5.81. The predicted molar refractivity (Wildman–Crippen MR) is 78.0 cm³/mol. The molecule has 0 radical (unpaired) electrons. The first-order valence-electron chi connectivity index (χ1n) is 7.12. The lowest BCUT2D eigenvalue weighted by atomic mass is 9.72. The number of rotatable bonds is 4. The van der Waals surface area contributed by atoms with Gasteiger partial charge in [-0.3, -0.25) is 0 Å². The molecule has 1 fully saturated rings. The van der Waals surface area contributed by atoms with Gasteiger partial charge in [0.05, 0.1) is 0 Å². The Morgan fingerprint density at radius 1 is 1.17 bits per heavy atom. The summed E-state index contributed by atoms with van der Waals surface area (Å²) in [5.74, 6) is 0. The maximum atomic E-state index is 3.40. The van der Waals surface area contributed by atoms with E-state index in [0.717, 1.165) is 6.54 Å². The van der Waals surface area contributed by atoms with Crippen molar-refractivity contribution in [1.82, 2.24) is 10.2 Å². The quantitative estimate of drug-likeness (QED) is 0.878. The van der Waals surface area contributed by atoms with Crippen LogP contribution < -0.4 is 5.32 Å². The molecule has 0 bridgehead atoms. The highest BCUT2D eigenvalue weighted by Crippen LogP contribution is 2.35. The number of hydrogen-bond acceptors (Lipinski definition) is 2. The van der Waals surface area contributed by atoms with Crippen molar-refractivity contribution in [2.75, 3.05) is 26.7 Å². The number of piperidine rings is 1. The highest BCUT2D eigenvalue weighted by molar-refractivity contribution is 5.27. The third-order valence-electron chi connectivity index (χ3n) is 4.39. The van der Waals surface area contributed by atoms with Crippen molar-refractivity contribution in [2.24, 2.45) is 0 Å². The zero-order chi connectivity index (χ0) is 13.0. The van der Waals surface area contributed by atoms with Gasteiger partial charge in [-0.2, -0.15) is 0 Å².